The molecule has 1 saturated carbocycles. The van der Waals surface area contributed by atoms with Gasteiger partial charge in [0.15, 0.2) is 0 Å². The van der Waals surface area contributed by atoms with Gasteiger partial charge in [0, 0.05) is 11.6 Å². The maximum Gasteiger partial charge on any atom is 0.227 e. The van der Waals surface area contributed by atoms with E-state index in [9.17, 15) is 4.79 Å². The van der Waals surface area contributed by atoms with Gasteiger partial charge in [0.1, 0.15) is 0 Å². The number of hydrogen-bond acceptors (Lipinski definition) is 1. The molecule has 0 saturated heterocycles. The van der Waals surface area contributed by atoms with Crippen LogP contribution in [-0.4, -0.2) is 5.91 Å². The molecule has 1 aromatic carbocycles. The van der Waals surface area contributed by atoms with Crippen molar-refractivity contribution in [3.05, 3.63) is 29.3 Å². The Labute approximate surface area is 90.7 Å². The lowest BCUT2D eigenvalue weighted by Crippen LogP contribution is -2.15. The maximum absolute atomic E-state index is 11.7. The number of benzene rings is 1. The second kappa shape index (κ2) is 3.69. The number of rotatable bonds is 2. The molecule has 0 heterocycles. The number of aryl methyl sites for hydroxylation is 2. The summed E-state index contributed by atoms with van der Waals surface area (Å²) in [6.45, 7) is 6.17. The van der Waals surface area contributed by atoms with Gasteiger partial charge in [-0.25, -0.2) is 0 Å². The molecule has 0 spiro atoms. The van der Waals surface area contributed by atoms with E-state index in [2.05, 4.69) is 18.3 Å². The molecule has 1 aliphatic carbocycles. The quantitative estimate of drug-likeness (QED) is 0.786. The summed E-state index contributed by atoms with van der Waals surface area (Å²) in [6, 6.07) is 6.13. The van der Waals surface area contributed by atoms with E-state index in [0.717, 1.165) is 17.7 Å². The van der Waals surface area contributed by atoms with Crippen LogP contribution in [0.25, 0.3) is 0 Å². The number of hydrogen-bond donors (Lipinski definition) is 1. The minimum atomic E-state index is 0.177. The van der Waals surface area contributed by atoms with E-state index >= 15 is 0 Å². The third kappa shape index (κ3) is 2.20. The van der Waals surface area contributed by atoms with Gasteiger partial charge in [-0.15, -0.1) is 0 Å². The SMILES string of the molecule is Cc1ccc(C)c(NC(=O)[C@H]2C[C@@H]2C)c1. The summed E-state index contributed by atoms with van der Waals surface area (Å²) in [5.74, 6) is 0.983. The molecule has 0 aromatic heterocycles. The lowest BCUT2D eigenvalue weighted by atomic mass is 10.1. The molecule has 1 fully saturated rings. The van der Waals surface area contributed by atoms with Crippen LogP contribution in [0.3, 0.4) is 0 Å². The molecule has 0 radical (unpaired) electrons. The van der Waals surface area contributed by atoms with E-state index in [1.165, 1.54) is 5.56 Å². The molecule has 2 rings (SSSR count). The van der Waals surface area contributed by atoms with Gasteiger partial charge in [-0.2, -0.15) is 0 Å². The first-order chi connectivity index (χ1) is 7.08. The van der Waals surface area contributed by atoms with E-state index < -0.39 is 0 Å². The molecule has 1 aliphatic rings. The Hall–Kier alpha value is -1.31. The fourth-order valence-corrected chi connectivity index (χ4v) is 1.78. The van der Waals surface area contributed by atoms with E-state index in [4.69, 9.17) is 0 Å². The fourth-order valence-electron chi connectivity index (χ4n) is 1.78. The monoisotopic (exact) mass is 203 g/mol. The number of carbonyl (C=O) groups excluding carboxylic acids is 1. The maximum atomic E-state index is 11.7. The highest BCUT2D eigenvalue weighted by Crippen LogP contribution is 2.38. The molecule has 0 unspecified atom stereocenters. The summed E-state index contributed by atoms with van der Waals surface area (Å²) in [6.07, 6.45) is 1.04. The van der Waals surface area contributed by atoms with Crippen LogP contribution >= 0.6 is 0 Å². The Morgan fingerprint density at radius 3 is 2.67 bits per heavy atom. The number of amides is 1. The second-order valence-corrected chi connectivity index (χ2v) is 4.63. The summed E-state index contributed by atoms with van der Waals surface area (Å²) in [5, 5.41) is 3.00. The topological polar surface area (TPSA) is 29.1 Å². The first-order valence-electron chi connectivity index (χ1n) is 5.46. The molecular formula is C13H17NO. The van der Waals surface area contributed by atoms with Crippen molar-refractivity contribution < 1.29 is 4.79 Å². The zero-order valence-corrected chi connectivity index (χ0v) is 9.50. The van der Waals surface area contributed by atoms with Crippen molar-refractivity contribution in [1.29, 1.82) is 0 Å². The third-order valence-electron chi connectivity index (χ3n) is 3.10. The molecule has 80 valence electrons. The van der Waals surface area contributed by atoms with Crippen LogP contribution in [0.5, 0.6) is 0 Å². The Morgan fingerprint density at radius 2 is 2.07 bits per heavy atom. The van der Waals surface area contributed by atoms with Crippen LogP contribution in [-0.2, 0) is 4.79 Å². The van der Waals surface area contributed by atoms with Crippen molar-refractivity contribution in [2.45, 2.75) is 27.2 Å². The normalized spacial score (nSPS) is 23.7. The molecule has 15 heavy (non-hydrogen) atoms. The smallest absolute Gasteiger partial charge is 0.227 e. The first kappa shape index (κ1) is 10.2. The summed E-state index contributed by atoms with van der Waals surface area (Å²) in [4.78, 5) is 11.7. The van der Waals surface area contributed by atoms with Gasteiger partial charge in [0.25, 0.3) is 0 Å². The van der Waals surface area contributed by atoms with Crippen LogP contribution in [0.15, 0.2) is 18.2 Å². The van der Waals surface area contributed by atoms with Crippen molar-refractivity contribution in [1.82, 2.24) is 0 Å². The highest BCUT2D eigenvalue weighted by Gasteiger charge is 2.39. The summed E-state index contributed by atoms with van der Waals surface area (Å²) >= 11 is 0. The van der Waals surface area contributed by atoms with Crippen molar-refractivity contribution >= 4 is 11.6 Å². The van der Waals surface area contributed by atoms with E-state index in [0.29, 0.717) is 5.92 Å². The summed E-state index contributed by atoms with van der Waals surface area (Å²) in [7, 11) is 0. The molecule has 1 aromatic rings. The molecule has 2 nitrogen and oxygen atoms in total. The largest absolute Gasteiger partial charge is 0.326 e. The Kier molecular flexibility index (Phi) is 2.51. The molecule has 2 heteroatoms. The number of nitrogens with one attached hydrogen (secondary N) is 1. The van der Waals surface area contributed by atoms with Gasteiger partial charge in [-0.3, -0.25) is 4.79 Å². The van der Waals surface area contributed by atoms with E-state index in [-0.39, 0.29) is 11.8 Å². The highest BCUT2D eigenvalue weighted by atomic mass is 16.2. The number of anilines is 1. The molecular weight excluding hydrogens is 186 g/mol. The lowest BCUT2D eigenvalue weighted by molar-refractivity contribution is -0.117. The Balaban J connectivity index is 2.10. The average Bonchev–Trinajstić information content (AvgIpc) is 2.89. The third-order valence-corrected chi connectivity index (χ3v) is 3.10. The van der Waals surface area contributed by atoms with Gasteiger partial charge in [-0.1, -0.05) is 19.1 Å². The Morgan fingerprint density at radius 1 is 1.40 bits per heavy atom. The van der Waals surface area contributed by atoms with Gasteiger partial charge in [-0.05, 0) is 43.4 Å². The minimum absolute atomic E-state index is 0.177. The van der Waals surface area contributed by atoms with Gasteiger partial charge in [0.05, 0.1) is 0 Å². The lowest BCUT2D eigenvalue weighted by Gasteiger charge is -2.08. The second-order valence-electron chi connectivity index (χ2n) is 4.63. The predicted octanol–water partition coefficient (Wildman–Crippen LogP) is 2.90. The zero-order valence-electron chi connectivity index (χ0n) is 9.50. The van der Waals surface area contributed by atoms with Crippen molar-refractivity contribution in [2.24, 2.45) is 11.8 Å². The Bertz CT molecular complexity index is 398. The molecule has 1 amide bonds. The molecule has 2 atom stereocenters. The van der Waals surface area contributed by atoms with Crippen LogP contribution < -0.4 is 5.32 Å². The predicted molar refractivity (Wildman–Crippen MR) is 61.8 cm³/mol. The van der Waals surface area contributed by atoms with Crippen LogP contribution in [0, 0.1) is 25.7 Å². The molecule has 0 aliphatic heterocycles. The average molecular weight is 203 g/mol. The van der Waals surface area contributed by atoms with Gasteiger partial charge in [0.2, 0.25) is 5.91 Å². The standard InChI is InChI=1S/C13H17NO/c1-8-4-5-9(2)12(6-8)14-13(15)11-7-10(11)3/h4-6,10-11H,7H2,1-3H3,(H,14,15)/t10-,11-/m0/s1. The van der Waals surface area contributed by atoms with Gasteiger partial charge >= 0.3 is 0 Å². The van der Waals surface area contributed by atoms with Crippen LogP contribution in [0.4, 0.5) is 5.69 Å². The number of carbonyl (C=O) groups is 1. The van der Waals surface area contributed by atoms with Crippen LogP contribution in [0.1, 0.15) is 24.5 Å². The summed E-state index contributed by atoms with van der Waals surface area (Å²) in [5.41, 5.74) is 3.26. The van der Waals surface area contributed by atoms with E-state index in [1.807, 2.05) is 26.0 Å². The summed E-state index contributed by atoms with van der Waals surface area (Å²) < 4.78 is 0. The van der Waals surface area contributed by atoms with E-state index in [1.54, 1.807) is 0 Å². The first-order valence-corrected chi connectivity index (χ1v) is 5.46. The zero-order chi connectivity index (χ0) is 11.0. The highest BCUT2D eigenvalue weighted by molar-refractivity contribution is 5.95. The fraction of sp³-hybridized carbons (Fsp3) is 0.462. The van der Waals surface area contributed by atoms with Gasteiger partial charge < -0.3 is 5.32 Å². The van der Waals surface area contributed by atoms with Crippen molar-refractivity contribution in [3.8, 4) is 0 Å². The van der Waals surface area contributed by atoms with Crippen molar-refractivity contribution in [2.75, 3.05) is 5.32 Å². The van der Waals surface area contributed by atoms with Crippen LogP contribution in [0.2, 0.25) is 0 Å². The van der Waals surface area contributed by atoms with Crippen molar-refractivity contribution in [3.63, 3.8) is 0 Å². The molecule has 1 N–H and O–H groups in total. The molecule has 0 bridgehead atoms. The minimum Gasteiger partial charge on any atom is -0.326 e.